The second-order valence-electron chi connectivity index (χ2n) is 3.57. The van der Waals surface area contributed by atoms with Crippen LogP contribution in [0, 0.1) is 6.92 Å². The molecule has 0 unspecified atom stereocenters. The first-order valence-electron chi connectivity index (χ1n) is 5.16. The quantitative estimate of drug-likeness (QED) is 0.636. The van der Waals surface area contributed by atoms with Crippen molar-refractivity contribution in [1.82, 2.24) is 5.32 Å². The second kappa shape index (κ2) is 5.84. The first kappa shape index (κ1) is 13.0. The van der Waals surface area contributed by atoms with Crippen LogP contribution in [-0.2, 0) is 9.53 Å². The predicted molar refractivity (Wildman–Crippen MR) is 65.6 cm³/mol. The molecule has 0 atom stereocenters. The highest BCUT2D eigenvalue weighted by Gasteiger charge is 2.04. The van der Waals surface area contributed by atoms with Crippen molar-refractivity contribution in [1.29, 1.82) is 0 Å². The van der Waals surface area contributed by atoms with Crippen LogP contribution in [0.15, 0.2) is 24.3 Å². The molecule has 4 heteroatoms. The van der Waals surface area contributed by atoms with Crippen LogP contribution in [-0.4, -0.2) is 26.0 Å². The van der Waals surface area contributed by atoms with E-state index in [9.17, 15) is 9.59 Å². The summed E-state index contributed by atoms with van der Waals surface area (Å²) in [7, 11) is 2.90. The first-order chi connectivity index (χ1) is 8.06. The molecule has 1 aromatic carbocycles. The van der Waals surface area contributed by atoms with Crippen LogP contribution in [0.3, 0.4) is 0 Å². The third-order valence-electron chi connectivity index (χ3n) is 2.20. The molecular formula is C13H15NO3. The van der Waals surface area contributed by atoms with Gasteiger partial charge in [0.15, 0.2) is 0 Å². The summed E-state index contributed by atoms with van der Waals surface area (Å²) < 4.78 is 4.50. The number of ether oxygens (including phenoxy) is 1. The van der Waals surface area contributed by atoms with E-state index in [4.69, 9.17) is 0 Å². The molecule has 0 heterocycles. The van der Waals surface area contributed by atoms with Crippen molar-refractivity contribution in [3.05, 3.63) is 41.0 Å². The van der Waals surface area contributed by atoms with E-state index in [1.807, 2.05) is 13.0 Å². The lowest BCUT2D eigenvalue weighted by molar-refractivity contribution is -0.134. The van der Waals surface area contributed by atoms with Gasteiger partial charge in [-0.1, -0.05) is 6.07 Å². The van der Waals surface area contributed by atoms with E-state index >= 15 is 0 Å². The number of esters is 1. The molecule has 1 N–H and O–H groups in total. The first-order valence-corrected chi connectivity index (χ1v) is 5.16. The molecule has 90 valence electrons. The molecule has 0 spiro atoms. The number of rotatable bonds is 3. The molecule has 0 saturated heterocycles. The van der Waals surface area contributed by atoms with Crippen molar-refractivity contribution in [2.45, 2.75) is 6.92 Å². The normalized spacial score (nSPS) is 10.3. The van der Waals surface area contributed by atoms with Gasteiger partial charge in [-0.25, -0.2) is 4.79 Å². The minimum atomic E-state index is -0.423. The molecule has 1 aromatic rings. The summed E-state index contributed by atoms with van der Waals surface area (Å²) in [6.45, 7) is 1.89. The van der Waals surface area contributed by atoms with Crippen molar-refractivity contribution in [3.8, 4) is 0 Å². The second-order valence-corrected chi connectivity index (χ2v) is 3.57. The van der Waals surface area contributed by atoms with Crippen molar-refractivity contribution in [2.75, 3.05) is 14.2 Å². The maximum atomic E-state index is 11.5. The van der Waals surface area contributed by atoms with Gasteiger partial charge >= 0.3 is 5.97 Å². The Kier molecular flexibility index (Phi) is 4.46. The Morgan fingerprint density at radius 3 is 2.59 bits per heavy atom. The largest absolute Gasteiger partial charge is 0.466 e. The van der Waals surface area contributed by atoms with E-state index in [2.05, 4.69) is 10.1 Å². The summed E-state index contributed by atoms with van der Waals surface area (Å²) in [4.78, 5) is 22.4. The lowest BCUT2D eigenvalue weighted by Gasteiger charge is -2.03. The summed E-state index contributed by atoms with van der Waals surface area (Å²) >= 11 is 0. The lowest BCUT2D eigenvalue weighted by atomic mass is 10.1. The molecule has 0 bridgehead atoms. The highest BCUT2D eigenvalue weighted by atomic mass is 16.5. The number of hydrogen-bond donors (Lipinski definition) is 1. The van der Waals surface area contributed by atoms with Gasteiger partial charge in [0.1, 0.15) is 0 Å². The number of carbonyl (C=O) groups excluding carboxylic acids is 2. The number of nitrogens with one attached hydrogen (secondary N) is 1. The maximum absolute atomic E-state index is 11.5. The summed E-state index contributed by atoms with van der Waals surface area (Å²) in [6, 6.07) is 5.38. The van der Waals surface area contributed by atoms with Gasteiger partial charge in [-0.3, -0.25) is 4.79 Å². The average molecular weight is 233 g/mol. The van der Waals surface area contributed by atoms with Gasteiger partial charge in [-0.05, 0) is 36.3 Å². The molecule has 0 aliphatic rings. The zero-order valence-electron chi connectivity index (χ0n) is 10.1. The third-order valence-corrected chi connectivity index (χ3v) is 2.20. The van der Waals surface area contributed by atoms with Crippen molar-refractivity contribution < 1.29 is 14.3 Å². The average Bonchev–Trinajstić information content (AvgIpc) is 2.34. The Morgan fingerprint density at radius 1 is 1.29 bits per heavy atom. The monoisotopic (exact) mass is 233 g/mol. The van der Waals surface area contributed by atoms with Crippen LogP contribution in [0.5, 0.6) is 0 Å². The zero-order chi connectivity index (χ0) is 12.8. The fraction of sp³-hybridized carbons (Fsp3) is 0.231. The van der Waals surface area contributed by atoms with Crippen LogP contribution in [0.1, 0.15) is 21.5 Å². The van der Waals surface area contributed by atoms with E-state index in [0.29, 0.717) is 5.56 Å². The number of methoxy groups -OCH3 is 1. The fourth-order valence-corrected chi connectivity index (χ4v) is 1.42. The molecule has 0 aliphatic carbocycles. The molecule has 0 saturated carbocycles. The molecule has 17 heavy (non-hydrogen) atoms. The highest BCUT2D eigenvalue weighted by molar-refractivity contribution is 5.95. The summed E-state index contributed by atoms with van der Waals surface area (Å²) in [5.41, 5.74) is 2.31. The third kappa shape index (κ3) is 3.75. The van der Waals surface area contributed by atoms with E-state index in [1.165, 1.54) is 13.2 Å². The summed E-state index contributed by atoms with van der Waals surface area (Å²) in [5.74, 6) is -0.575. The van der Waals surface area contributed by atoms with E-state index < -0.39 is 5.97 Å². The Balaban J connectivity index is 3.01. The molecule has 0 fully saturated rings. The topological polar surface area (TPSA) is 55.4 Å². The van der Waals surface area contributed by atoms with Gasteiger partial charge in [0.25, 0.3) is 5.91 Å². The minimum absolute atomic E-state index is 0.151. The maximum Gasteiger partial charge on any atom is 0.330 e. The molecule has 1 rings (SSSR count). The Morgan fingerprint density at radius 2 is 2.00 bits per heavy atom. The number of carbonyl (C=O) groups is 2. The van der Waals surface area contributed by atoms with Crippen molar-refractivity contribution in [2.24, 2.45) is 0 Å². The number of amides is 1. The van der Waals surface area contributed by atoms with Gasteiger partial charge in [-0.15, -0.1) is 0 Å². The predicted octanol–water partition coefficient (Wildman–Crippen LogP) is 1.54. The van der Waals surface area contributed by atoms with Crippen LogP contribution in [0.25, 0.3) is 6.08 Å². The smallest absolute Gasteiger partial charge is 0.330 e. The number of hydrogen-bond acceptors (Lipinski definition) is 3. The standard InChI is InChI=1S/C13H15NO3/c1-9-6-10(4-5-12(15)17-3)8-11(7-9)13(16)14-2/h4-8H,1-3H3,(H,14,16). The van der Waals surface area contributed by atoms with Gasteiger partial charge < -0.3 is 10.1 Å². The lowest BCUT2D eigenvalue weighted by Crippen LogP contribution is -2.17. The Hall–Kier alpha value is -2.10. The van der Waals surface area contributed by atoms with Gasteiger partial charge in [0.05, 0.1) is 7.11 Å². The molecule has 0 aromatic heterocycles. The van der Waals surface area contributed by atoms with Crippen LogP contribution in [0.2, 0.25) is 0 Å². The van der Waals surface area contributed by atoms with Gasteiger partial charge in [-0.2, -0.15) is 0 Å². The molecule has 0 aliphatic heterocycles. The molecule has 4 nitrogen and oxygen atoms in total. The Labute approximate surface area is 100 Å². The van der Waals surface area contributed by atoms with Crippen LogP contribution < -0.4 is 5.32 Å². The molecule has 1 amide bonds. The number of benzene rings is 1. The highest BCUT2D eigenvalue weighted by Crippen LogP contribution is 2.11. The minimum Gasteiger partial charge on any atom is -0.466 e. The van der Waals surface area contributed by atoms with Gasteiger partial charge in [0.2, 0.25) is 0 Å². The van der Waals surface area contributed by atoms with E-state index in [1.54, 1.807) is 25.3 Å². The SMILES string of the molecule is CNC(=O)c1cc(C)cc(C=CC(=O)OC)c1. The van der Waals surface area contributed by atoms with Crippen molar-refractivity contribution >= 4 is 18.0 Å². The van der Waals surface area contributed by atoms with Crippen LogP contribution in [0.4, 0.5) is 0 Å². The fourth-order valence-electron chi connectivity index (χ4n) is 1.42. The Bertz CT molecular complexity index is 464. The summed E-state index contributed by atoms with van der Waals surface area (Å²) in [5, 5.41) is 2.56. The van der Waals surface area contributed by atoms with Crippen molar-refractivity contribution in [3.63, 3.8) is 0 Å². The van der Waals surface area contributed by atoms with Crippen LogP contribution >= 0.6 is 0 Å². The van der Waals surface area contributed by atoms with E-state index in [-0.39, 0.29) is 5.91 Å². The summed E-state index contributed by atoms with van der Waals surface area (Å²) in [6.07, 6.45) is 2.94. The van der Waals surface area contributed by atoms with E-state index in [0.717, 1.165) is 11.1 Å². The number of aryl methyl sites for hydroxylation is 1. The zero-order valence-corrected chi connectivity index (χ0v) is 10.1. The molecule has 0 radical (unpaired) electrons. The van der Waals surface area contributed by atoms with Gasteiger partial charge in [0, 0.05) is 18.7 Å². The molecular weight excluding hydrogens is 218 g/mol.